The first-order valence-electron chi connectivity index (χ1n) is 4.13. The van der Waals surface area contributed by atoms with Crippen LogP contribution in [-0.2, 0) is 6.54 Å². The quantitative estimate of drug-likeness (QED) is 0.821. The van der Waals surface area contributed by atoms with Crippen molar-refractivity contribution in [2.24, 2.45) is 0 Å². The summed E-state index contributed by atoms with van der Waals surface area (Å²) in [5.74, 6) is -0.969. The van der Waals surface area contributed by atoms with Gasteiger partial charge in [0.2, 0.25) is 0 Å². The third kappa shape index (κ3) is 2.27. The van der Waals surface area contributed by atoms with Crippen molar-refractivity contribution in [1.82, 2.24) is 9.78 Å². The molecule has 0 aliphatic rings. The second-order valence-corrected chi connectivity index (χ2v) is 3.83. The molecular formula is C9H6BrN2O3-. The van der Waals surface area contributed by atoms with Gasteiger partial charge in [0.1, 0.15) is 17.5 Å². The minimum atomic E-state index is -1.32. The summed E-state index contributed by atoms with van der Waals surface area (Å²) in [6.45, 7) is 0.388. The first kappa shape index (κ1) is 9.97. The van der Waals surface area contributed by atoms with Crippen LogP contribution in [0.4, 0.5) is 0 Å². The molecule has 0 spiro atoms. The molecule has 0 fully saturated rings. The van der Waals surface area contributed by atoms with E-state index >= 15 is 0 Å². The van der Waals surface area contributed by atoms with Gasteiger partial charge in [-0.1, -0.05) is 0 Å². The number of aromatic nitrogens is 2. The van der Waals surface area contributed by atoms with Crippen molar-refractivity contribution in [2.75, 3.05) is 0 Å². The summed E-state index contributed by atoms with van der Waals surface area (Å²) in [4.78, 5) is 10.4. The summed E-state index contributed by atoms with van der Waals surface area (Å²) < 4.78 is 7.50. The summed E-state index contributed by atoms with van der Waals surface area (Å²) in [7, 11) is 0. The summed E-state index contributed by atoms with van der Waals surface area (Å²) in [5.41, 5.74) is 0. The Morgan fingerprint density at radius 3 is 2.93 bits per heavy atom. The molecule has 0 N–H and O–H groups in total. The molecule has 0 saturated carbocycles. The number of carbonyl (C=O) groups excluding carboxylic acids is 1. The number of carbonyl (C=O) groups is 1. The standard InChI is InChI=1S/C9H7BrN2O3/c10-6-3-11-12(4-6)5-7-1-2-8(15-7)9(13)14/h1-4H,5H2,(H,13,14)/p-1. The minimum Gasteiger partial charge on any atom is -0.542 e. The number of rotatable bonds is 3. The van der Waals surface area contributed by atoms with Crippen molar-refractivity contribution in [3.63, 3.8) is 0 Å². The van der Waals surface area contributed by atoms with Crippen LogP contribution in [0.25, 0.3) is 0 Å². The Bertz CT molecular complexity index is 489. The minimum absolute atomic E-state index is 0.170. The van der Waals surface area contributed by atoms with Crippen molar-refractivity contribution in [2.45, 2.75) is 6.54 Å². The fourth-order valence-electron chi connectivity index (χ4n) is 1.16. The molecule has 0 aliphatic heterocycles. The van der Waals surface area contributed by atoms with Gasteiger partial charge in [-0.25, -0.2) is 0 Å². The highest BCUT2D eigenvalue weighted by Gasteiger charge is 2.04. The van der Waals surface area contributed by atoms with Crippen molar-refractivity contribution >= 4 is 21.9 Å². The lowest BCUT2D eigenvalue weighted by Crippen LogP contribution is -2.21. The van der Waals surface area contributed by atoms with Gasteiger partial charge in [0.25, 0.3) is 0 Å². The Kier molecular flexibility index (Phi) is 2.59. The van der Waals surface area contributed by atoms with Crippen molar-refractivity contribution in [3.8, 4) is 0 Å². The van der Waals surface area contributed by atoms with E-state index < -0.39 is 5.97 Å². The summed E-state index contributed by atoms with van der Waals surface area (Å²) >= 11 is 3.26. The molecule has 2 aromatic rings. The average molecular weight is 270 g/mol. The van der Waals surface area contributed by atoms with Crippen LogP contribution in [-0.4, -0.2) is 15.7 Å². The van der Waals surface area contributed by atoms with Gasteiger partial charge in [0, 0.05) is 6.20 Å². The van der Waals surface area contributed by atoms with E-state index in [0.29, 0.717) is 12.3 Å². The van der Waals surface area contributed by atoms with E-state index in [2.05, 4.69) is 21.0 Å². The molecule has 78 valence electrons. The predicted molar refractivity (Wildman–Crippen MR) is 52.1 cm³/mol. The summed E-state index contributed by atoms with van der Waals surface area (Å²) in [5, 5.41) is 14.4. The molecule has 0 aliphatic carbocycles. The highest BCUT2D eigenvalue weighted by molar-refractivity contribution is 9.10. The van der Waals surface area contributed by atoms with Crippen LogP contribution >= 0.6 is 15.9 Å². The van der Waals surface area contributed by atoms with Crippen LogP contribution in [0.2, 0.25) is 0 Å². The normalized spacial score (nSPS) is 10.5. The number of hydrogen-bond acceptors (Lipinski definition) is 4. The first-order valence-corrected chi connectivity index (χ1v) is 4.92. The molecule has 0 saturated heterocycles. The Balaban J connectivity index is 2.14. The van der Waals surface area contributed by atoms with Crippen molar-refractivity contribution < 1.29 is 14.3 Å². The van der Waals surface area contributed by atoms with Crippen LogP contribution in [0.3, 0.4) is 0 Å². The zero-order chi connectivity index (χ0) is 10.8. The fraction of sp³-hybridized carbons (Fsp3) is 0.111. The molecule has 0 bridgehead atoms. The summed E-state index contributed by atoms with van der Waals surface area (Å²) in [6, 6.07) is 2.95. The summed E-state index contributed by atoms with van der Waals surface area (Å²) in [6.07, 6.45) is 3.41. The van der Waals surface area contributed by atoms with E-state index in [4.69, 9.17) is 4.42 Å². The van der Waals surface area contributed by atoms with Gasteiger partial charge in [-0.3, -0.25) is 4.68 Å². The number of hydrogen-bond donors (Lipinski definition) is 0. The maximum atomic E-state index is 10.4. The number of halogens is 1. The van der Waals surface area contributed by atoms with Gasteiger partial charge < -0.3 is 14.3 Å². The van der Waals surface area contributed by atoms with Crippen LogP contribution < -0.4 is 5.11 Å². The Labute approximate surface area is 93.4 Å². The Morgan fingerprint density at radius 1 is 1.60 bits per heavy atom. The van der Waals surface area contributed by atoms with Crippen LogP contribution in [0, 0.1) is 0 Å². The van der Waals surface area contributed by atoms with Gasteiger partial charge in [-0.05, 0) is 28.1 Å². The molecule has 0 radical (unpaired) electrons. The second kappa shape index (κ2) is 3.90. The van der Waals surface area contributed by atoms with Gasteiger partial charge in [-0.15, -0.1) is 0 Å². The van der Waals surface area contributed by atoms with Crippen molar-refractivity contribution in [3.05, 3.63) is 40.5 Å². The van der Waals surface area contributed by atoms with Gasteiger partial charge in [0.05, 0.1) is 17.2 Å². The molecule has 5 nitrogen and oxygen atoms in total. The van der Waals surface area contributed by atoms with E-state index in [9.17, 15) is 9.90 Å². The van der Waals surface area contributed by atoms with Crippen molar-refractivity contribution in [1.29, 1.82) is 0 Å². The molecule has 2 aromatic heterocycles. The Morgan fingerprint density at radius 2 is 2.40 bits per heavy atom. The van der Waals surface area contributed by atoms with E-state index in [1.165, 1.54) is 6.07 Å². The third-order valence-corrected chi connectivity index (χ3v) is 2.19. The number of carboxylic acid groups (broad SMARTS) is 1. The zero-order valence-electron chi connectivity index (χ0n) is 7.51. The van der Waals surface area contributed by atoms with E-state index in [1.807, 2.05) is 0 Å². The zero-order valence-corrected chi connectivity index (χ0v) is 9.10. The SMILES string of the molecule is O=C([O-])c1ccc(Cn2cc(Br)cn2)o1. The van der Waals surface area contributed by atoms with E-state index in [0.717, 1.165) is 4.47 Å². The molecule has 0 aromatic carbocycles. The number of aromatic carboxylic acids is 1. The van der Waals surface area contributed by atoms with E-state index in [1.54, 1.807) is 23.1 Å². The lowest BCUT2D eigenvalue weighted by atomic mass is 10.4. The molecule has 6 heteroatoms. The van der Waals surface area contributed by atoms with Crippen LogP contribution in [0.1, 0.15) is 16.3 Å². The third-order valence-electron chi connectivity index (χ3n) is 1.78. The van der Waals surface area contributed by atoms with Crippen LogP contribution in [0.5, 0.6) is 0 Å². The first-order chi connectivity index (χ1) is 7.15. The number of nitrogens with zero attached hydrogens (tertiary/aromatic N) is 2. The smallest absolute Gasteiger partial charge is 0.149 e. The highest BCUT2D eigenvalue weighted by Crippen LogP contribution is 2.11. The average Bonchev–Trinajstić information content (AvgIpc) is 2.76. The number of carboxylic acids is 1. The highest BCUT2D eigenvalue weighted by atomic mass is 79.9. The second-order valence-electron chi connectivity index (χ2n) is 2.91. The maximum Gasteiger partial charge on any atom is 0.149 e. The maximum absolute atomic E-state index is 10.4. The van der Waals surface area contributed by atoms with E-state index in [-0.39, 0.29) is 5.76 Å². The number of furan rings is 1. The van der Waals surface area contributed by atoms with Crippen LogP contribution in [0.15, 0.2) is 33.4 Å². The Hall–Kier alpha value is -1.56. The van der Waals surface area contributed by atoms with Gasteiger partial charge >= 0.3 is 0 Å². The molecule has 0 amide bonds. The molecule has 0 unspecified atom stereocenters. The predicted octanol–water partition coefficient (Wildman–Crippen LogP) is 0.650. The molecule has 2 heterocycles. The lowest BCUT2D eigenvalue weighted by molar-refractivity contribution is -0.257. The molecule has 0 atom stereocenters. The molecular weight excluding hydrogens is 264 g/mol. The van der Waals surface area contributed by atoms with Gasteiger partial charge in [-0.2, -0.15) is 5.10 Å². The monoisotopic (exact) mass is 269 g/mol. The lowest BCUT2D eigenvalue weighted by Gasteiger charge is -1.98. The largest absolute Gasteiger partial charge is 0.542 e. The molecule has 2 rings (SSSR count). The van der Waals surface area contributed by atoms with Gasteiger partial charge in [0.15, 0.2) is 0 Å². The molecule has 15 heavy (non-hydrogen) atoms. The fourth-order valence-corrected chi connectivity index (χ4v) is 1.48. The topological polar surface area (TPSA) is 71.1 Å².